The maximum atomic E-state index is 15.7. The summed E-state index contributed by atoms with van der Waals surface area (Å²) in [6.07, 6.45) is 0.186. The van der Waals surface area contributed by atoms with Crippen LogP contribution in [-0.4, -0.2) is 52.0 Å². The monoisotopic (exact) mass is 583 g/mol. The first-order valence-electron chi connectivity index (χ1n) is 13.1. The molecule has 212 valence electrons. The lowest BCUT2D eigenvalue weighted by Gasteiger charge is -2.31. The standard InChI is InChI=1S/C30H25ClF3N3O4/c1-41-27(39)21-3-2-4-22(25(21)32)29(11-12-29)37-23-10-7-19(31)17-24(23)36(28(37)40)20-8-5-18(6-9-20)26(38)35-15-13-30(33,34)14-16-35/h2-10,17H,11-16H2,1H3. The molecule has 2 heterocycles. The number of hydrogen-bond acceptors (Lipinski definition) is 4. The molecule has 1 saturated carbocycles. The number of alkyl halides is 2. The summed E-state index contributed by atoms with van der Waals surface area (Å²) in [6.45, 7) is -0.0658. The molecule has 11 heteroatoms. The Labute approximate surface area is 237 Å². The second-order valence-corrected chi connectivity index (χ2v) is 10.9. The number of halogens is 4. The minimum absolute atomic E-state index is 0.0329. The van der Waals surface area contributed by atoms with E-state index in [-0.39, 0.29) is 43.0 Å². The number of likely N-dealkylation sites (tertiary alicyclic amines) is 1. The second-order valence-electron chi connectivity index (χ2n) is 10.5. The first-order valence-corrected chi connectivity index (χ1v) is 13.5. The van der Waals surface area contributed by atoms with Gasteiger partial charge in [0, 0.05) is 42.1 Å². The molecular weight excluding hydrogens is 559 g/mol. The predicted octanol–water partition coefficient (Wildman–Crippen LogP) is 5.78. The normalized spacial score (nSPS) is 17.4. The number of rotatable bonds is 5. The highest BCUT2D eigenvalue weighted by Crippen LogP contribution is 2.51. The fourth-order valence-electron chi connectivity index (χ4n) is 5.70. The number of nitrogens with zero attached hydrogens (tertiary/aromatic N) is 3. The van der Waals surface area contributed by atoms with E-state index in [9.17, 15) is 23.2 Å². The second kappa shape index (κ2) is 9.80. The fourth-order valence-corrected chi connectivity index (χ4v) is 5.86. The fraction of sp³-hybridized carbons (Fsp3) is 0.300. The summed E-state index contributed by atoms with van der Waals surface area (Å²) >= 11 is 6.32. The maximum Gasteiger partial charge on any atom is 0.340 e. The molecular formula is C30H25ClF3N3O4. The molecule has 1 aliphatic heterocycles. The van der Waals surface area contributed by atoms with Crippen LogP contribution in [0, 0.1) is 5.82 Å². The first kappa shape index (κ1) is 27.1. The van der Waals surface area contributed by atoms with Gasteiger partial charge in [0.15, 0.2) is 0 Å². The Hall–Kier alpha value is -4.05. The van der Waals surface area contributed by atoms with E-state index in [1.165, 1.54) is 27.2 Å². The smallest absolute Gasteiger partial charge is 0.340 e. The molecule has 1 aromatic heterocycles. The number of amides is 1. The van der Waals surface area contributed by atoms with Gasteiger partial charge in [-0.15, -0.1) is 0 Å². The number of fused-ring (bicyclic) bond motifs is 1. The number of piperidine rings is 1. The Balaban J connectivity index is 1.43. The third kappa shape index (κ3) is 4.50. The summed E-state index contributed by atoms with van der Waals surface area (Å²) in [5.41, 5.74) is 0.300. The molecule has 0 unspecified atom stereocenters. The van der Waals surface area contributed by atoms with Crippen molar-refractivity contribution in [2.45, 2.75) is 37.1 Å². The van der Waals surface area contributed by atoms with Crippen LogP contribution < -0.4 is 5.69 Å². The molecule has 0 bridgehead atoms. The van der Waals surface area contributed by atoms with Gasteiger partial charge in [0.2, 0.25) is 0 Å². The summed E-state index contributed by atoms with van der Waals surface area (Å²) in [7, 11) is 1.17. The number of ether oxygens (including phenoxy) is 1. The van der Waals surface area contributed by atoms with Crippen molar-refractivity contribution in [3.63, 3.8) is 0 Å². The van der Waals surface area contributed by atoms with Crippen LogP contribution in [0.25, 0.3) is 16.7 Å². The molecule has 1 saturated heterocycles. The van der Waals surface area contributed by atoms with Crippen LogP contribution in [0.3, 0.4) is 0 Å². The number of esters is 1. The van der Waals surface area contributed by atoms with Gasteiger partial charge >= 0.3 is 11.7 Å². The average Bonchev–Trinajstić information content (AvgIpc) is 3.69. The predicted molar refractivity (Wildman–Crippen MR) is 147 cm³/mol. The number of aromatic nitrogens is 2. The largest absolute Gasteiger partial charge is 0.465 e. The van der Waals surface area contributed by atoms with Gasteiger partial charge in [-0.1, -0.05) is 23.7 Å². The highest BCUT2D eigenvalue weighted by atomic mass is 35.5. The van der Waals surface area contributed by atoms with Crippen LogP contribution in [0.4, 0.5) is 13.2 Å². The molecule has 0 radical (unpaired) electrons. The van der Waals surface area contributed by atoms with Gasteiger partial charge in [-0.3, -0.25) is 13.9 Å². The summed E-state index contributed by atoms with van der Waals surface area (Å²) in [5.74, 6) is -4.67. The zero-order valence-corrected chi connectivity index (χ0v) is 22.8. The minimum atomic E-state index is -2.76. The lowest BCUT2D eigenvalue weighted by atomic mass is 10.00. The number of carbonyl (C=O) groups excluding carboxylic acids is 2. The molecule has 0 N–H and O–H groups in total. The van der Waals surface area contributed by atoms with Crippen LogP contribution in [0.15, 0.2) is 65.5 Å². The quantitative estimate of drug-likeness (QED) is 0.279. The highest BCUT2D eigenvalue weighted by Gasteiger charge is 2.51. The summed E-state index contributed by atoms with van der Waals surface area (Å²) in [6, 6.07) is 15.8. The molecule has 6 rings (SSSR count). The van der Waals surface area contributed by atoms with Crippen molar-refractivity contribution in [3.8, 4) is 5.69 Å². The topological polar surface area (TPSA) is 73.5 Å². The molecule has 0 spiro atoms. The van der Waals surface area contributed by atoms with Crippen LogP contribution in [0.1, 0.15) is 52.0 Å². The minimum Gasteiger partial charge on any atom is -0.465 e. The van der Waals surface area contributed by atoms with E-state index in [0.29, 0.717) is 40.1 Å². The molecule has 2 aliphatic rings. The van der Waals surface area contributed by atoms with Crippen molar-refractivity contribution in [2.24, 2.45) is 0 Å². The summed E-state index contributed by atoms with van der Waals surface area (Å²) in [4.78, 5) is 40.6. The van der Waals surface area contributed by atoms with Gasteiger partial charge in [0.1, 0.15) is 5.82 Å². The van der Waals surface area contributed by atoms with E-state index < -0.39 is 28.9 Å². The van der Waals surface area contributed by atoms with Gasteiger partial charge in [-0.05, 0) is 61.4 Å². The van der Waals surface area contributed by atoms with Gasteiger partial charge in [-0.25, -0.2) is 22.8 Å². The molecule has 1 aliphatic carbocycles. The molecule has 41 heavy (non-hydrogen) atoms. The Morgan fingerprint density at radius 1 is 0.927 bits per heavy atom. The van der Waals surface area contributed by atoms with Crippen LogP contribution in [0.5, 0.6) is 0 Å². The lowest BCUT2D eigenvalue weighted by Crippen LogP contribution is -2.42. The van der Waals surface area contributed by atoms with Gasteiger partial charge < -0.3 is 9.64 Å². The van der Waals surface area contributed by atoms with Crippen LogP contribution >= 0.6 is 11.6 Å². The van der Waals surface area contributed by atoms with Crippen molar-refractivity contribution in [2.75, 3.05) is 20.2 Å². The van der Waals surface area contributed by atoms with E-state index in [2.05, 4.69) is 0 Å². The van der Waals surface area contributed by atoms with Crippen molar-refractivity contribution in [3.05, 3.63) is 98.7 Å². The van der Waals surface area contributed by atoms with Crippen LogP contribution in [-0.2, 0) is 10.3 Å². The third-order valence-corrected chi connectivity index (χ3v) is 8.25. The number of hydrogen-bond donors (Lipinski definition) is 0. The Bertz CT molecular complexity index is 1750. The molecule has 2 fully saturated rings. The lowest BCUT2D eigenvalue weighted by molar-refractivity contribution is -0.0494. The van der Waals surface area contributed by atoms with E-state index in [1.54, 1.807) is 54.6 Å². The Kier molecular flexibility index (Phi) is 6.48. The SMILES string of the molecule is COC(=O)c1cccc(C2(n3c(=O)n(-c4ccc(C(=O)N5CCC(F)(F)CC5)cc4)c4cc(Cl)ccc43)CC2)c1F. The highest BCUT2D eigenvalue weighted by molar-refractivity contribution is 6.31. The molecule has 3 aromatic carbocycles. The number of methoxy groups -OCH3 is 1. The molecule has 0 atom stereocenters. The van der Waals surface area contributed by atoms with Crippen molar-refractivity contribution in [1.82, 2.24) is 14.0 Å². The molecule has 4 aromatic rings. The van der Waals surface area contributed by atoms with Crippen LogP contribution in [0.2, 0.25) is 5.02 Å². The van der Waals surface area contributed by atoms with E-state index in [4.69, 9.17) is 16.3 Å². The summed E-state index contributed by atoms with van der Waals surface area (Å²) < 4.78 is 50.5. The van der Waals surface area contributed by atoms with Crippen molar-refractivity contribution < 1.29 is 27.5 Å². The van der Waals surface area contributed by atoms with Gasteiger partial charge in [-0.2, -0.15) is 0 Å². The zero-order valence-electron chi connectivity index (χ0n) is 22.0. The summed E-state index contributed by atoms with van der Waals surface area (Å²) in [5, 5.41) is 0.390. The Morgan fingerprint density at radius 2 is 1.61 bits per heavy atom. The maximum absolute atomic E-state index is 15.7. The number of benzene rings is 3. The van der Waals surface area contributed by atoms with Crippen molar-refractivity contribution >= 4 is 34.5 Å². The Morgan fingerprint density at radius 3 is 2.24 bits per heavy atom. The number of carbonyl (C=O) groups is 2. The number of imidazole rings is 1. The van der Waals surface area contributed by atoms with Gasteiger partial charge in [0.05, 0.1) is 34.9 Å². The molecule has 7 nitrogen and oxygen atoms in total. The van der Waals surface area contributed by atoms with E-state index >= 15 is 4.39 Å². The third-order valence-electron chi connectivity index (χ3n) is 8.01. The van der Waals surface area contributed by atoms with E-state index in [0.717, 1.165) is 0 Å². The average molecular weight is 584 g/mol. The molecule has 1 amide bonds. The van der Waals surface area contributed by atoms with Crippen molar-refractivity contribution in [1.29, 1.82) is 0 Å². The zero-order chi connectivity index (χ0) is 29.1. The van der Waals surface area contributed by atoms with E-state index in [1.807, 2.05) is 0 Å². The first-order chi connectivity index (χ1) is 19.6. The van der Waals surface area contributed by atoms with Gasteiger partial charge in [0.25, 0.3) is 11.8 Å².